The van der Waals surface area contributed by atoms with Crippen LogP contribution in [0.3, 0.4) is 0 Å². The molecule has 5 heteroatoms. The molecule has 1 aromatic heterocycles. The Morgan fingerprint density at radius 1 is 1.55 bits per heavy atom. The van der Waals surface area contributed by atoms with Crippen molar-refractivity contribution in [2.45, 2.75) is 44.9 Å². The molecular formula is C15H24N4O. The molecule has 1 atom stereocenters. The second kappa shape index (κ2) is 4.88. The van der Waals surface area contributed by atoms with Crippen molar-refractivity contribution in [2.24, 2.45) is 11.1 Å². The van der Waals surface area contributed by atoms with E-state index in [0.29, 0.717) is 6.54 Å². The summed E-state index contributed by atoms with van der Waals surface area (Å²) in [6.45, 7) is 3.43. The first-order valence-corrected chi connectivity index (χ1v) is 7.55. The zero-order chi connectivity index (χ0) is 14.3. The number of nitrogens with two attached hydrogens (primary N) is 1. The maximum atomic E-state index is 12.7. The number of nitrogens with zero attached hydrogens (tertiary/aromatic N) is 2. The lowest BCUT2D eigenvalue weighted by atomic mass is 9.88. The van der Waals surface area contributed by atoms with Gasteiger partial charge in [-0.2, -0.15) is 0 Å². The number of nitrogens with one attached hydrogen (secondary N) is 1. The number of H-pyrrole nitrogens is 1. The van der Waals surface area contributed by atoms with Crippen molar-refractivity contribution in [3.05, 3.63) is 17.2 Å². The average Bonchev–Trinajstić information content (AvgIpc) is 3.09. The molecule has 0 spiro atoms. The maximum Gasteiger partial charge on any atom is 0.231 e. The van der Waals surface area contributed by atoms with E-state index in [0.717, 1.165) is 55.9 Å². The number of aromatic amines is 1. The van der Waals surface area contributed by atoms with Gasteiger partial charge in [0.1, 0.15) is 5.82 Å². The number of rotatable bonds is 4. The monoisotopic (exact) mass is 276 g/mol. The third kappa shape index (κ3) is 2.35. The second-order valence-corrected chi connectivity index (χ2v) is 6.53. The molecule has 1 saturated carbocycles. The zero-order valence-corrected chi connectivity index (χ0v) is 12.4. The van der Waals surface area contributed by atoms with Crippen molar-refractivity contribution in [1.82, 2.24) is 14.9 Å². The van der Waals surface area contributed by atoms with E-state index in [2.05, 4.69) is 9.97 Å². The van der Waals surface area contributed by atoms with Gasteiger partial charge in [-0.1, -0.05) is 0 Å². The molecule has 2 aliphatic rings. The predicted molar refractivity (Wildman–Crippen MR) is 77.4 cm³/mol. The molecule has 1 amide bonds. The Labute approximate surface area is 119 Å². The zero-order valence-electron chi connectivity index (χ0n) is 12.4. The SMILES string of the molecule is Cc1nc2c([nH]1)CCCC2C(=O)N(C)CC1(CN)CC1. The minimum absolute atomic E-state index is 0.0673. The van der Waals surface area contributed by atoms with Crippen LogP contribution in [-0.4, -0.2) is 40.9 Å². The van der Waals surface area contributed by atoms with Gasteiger partial charge in [0, 0.05) is 24.7 Å². The molecule has 0 saturated heterocycles. The number of aryl methyl sites for hydroxylation is 2. The van der Waals surface area contributed by atoms with Crippen LogP contribution >= 0.6 is 0 Å². The van der Waals surface area contributed by atoms with Gasteiger partial charge in [-0.15, -0.1) is 0 Å². The average molecular weight is 276 g/mol. The van der Waals surface area contributed by atoms with E-state index in [9.17, 15) is 4.79 Å². The molecule has 1 aromatic rings. The highest BCUT2D eigenvalue weighted by Gasteiger charge is 2.43. The molecule has 1 unspecified atom stereocenters. The molecular weight excluding hydrogens is 252 g/mol. The number of carbonyl (C=O) groups excluding carboxylic acids is 1. The molecule has 20 heavy (non-hydrogen) atoms. The number of imidazole rings is 1. The van der Waals surface area contributed by atoms with E-state index in [1.165, 1.54) is 0 Å². The van der Waals surface area contributed by atoms with E-state index >= 15 is 0 Å². The van der Waals surface area contributed by atoms with Crippen LogP contribution in [0.5, 0.6) is 0 Å². The van der Waals surface area contributed by atoms with Gasteiger partial charge in [-0.3, -0.25) is 4.79 Å². The Bertz CT molecular complexity index is 518. The Hall–Kier alpha value is -1.36. The molecule has 0 aliphatic heterocycles. The molecule has 1 heterocycles. The van der Waals surface area contributed by atoms with Crippen LogP contribution in [0.4, 0.5) is 0 Å². The summed E-state index contributed by atoms with van der Waals surface area (Å²) in [5.74, 6) is 1.05. The van der Waals surface area contributed by atoms with Crippen LogP contribution in [0.2, 0.25) is 0 Å². The van der Waals surface area contributed by atoms with Crippen LogP contribution in [-0.2, 0) is 11.2 Å². The lowest BCUT2D eigenvalue weighted by Gasteiger charge is -2.28. The van der Waals surface area contributed by atoms with Crippen molar-refractivity contribution in [2.75, 3.05) is 20.1 Å². The van der Waals surface area contributed by atoms with Crippen LogP contribution < -0.4 is 5.73 Å². The van der Waals surface area contributed by atoms with E-state index in [4.69, 9.17) is 5.73 Å². The standard InChI is InChI=1S/C15H24N4O/c1-10-17-12-5-3-4-11(13(12)18-10)14(20)19(2)9-15(8-16)6-7-15/h11H,3-9,16H2,1-2H3,(H,17,18). The quantitative estimate of drug-likeness (QED) is 0.871. The normalized spacial score (nSPS) is 23.2. The minimum atomic E-state index is -0.0673. The topological polar surface area (TPSA) is 75.0 Å². The number of hydrogen-bond donors (Lipinski definition) is 2. The van der Waals surface area contributed by atoms with Gasteiger partial charge in [-0.05, 0) is 45.6 Å². The Morgan fingerprint density at radius 2 is 2.30 bits per heavy atom. The van der Waals surface area contributed by atoms with E-state index in [1.807, 2.05) is 18.9 Å². The highest BCUT2D eigenvalue weighted by molar-refractivity contribution is 5.83. The molecule has 110 valence electrons. The largest absolute Gasteiger partial charge is 0.346 e. The smallest absolute Gasteiger partial charge is 0.231 e. The second-order valence-electron chi connectivity index (χ2n) is 6.53. The molecule has 5 nitrogen and oxygen atoms in total. The molecule has 1 fully saturated rings. The lowest BCUT2D eigenvalue weighted by Crippen LogP contribution is -2.39. The number of amides is 1. The van der Waals surface area contributed by atoms with Gasteiger partial charge in [0.15, 0.2) is 0 Å². The molecule has 2 aliphatic carbocycles. The fourth-order valence-electron chi connectivity index (χ4n) is 3.35. The molecule has 3 N–H and O–H groups in total. The Kier molecular flexibility index (Phi) is 3.32. The van der Waals surface area contributed by atoms with Crippen LogP contribution in [0.15, 0.2) is 0 Å². The minimum Gasteiger partial charge on any atom is -0.346 e. The number of likely N-dealkylation sites (N-methyl/N-ethyl adjacent to an activating group) is 1. The van der Waals surface area contributed by atoms with Gasteiger partial charge < -0.3 is 15.6 Å². The van der Waals surface area contributed by atoms with Crippen molar-refractivity contribution in [3.8, 4) is 0 Å². The molecule has 3 rings (SSSR count). The van der Waals surface area contributed by atoms with Gasteiger partial charge >= 0.3 is 0 Å². The maximum absolute atomic E-state index is 12.7. The van der Waals surface area contributed by atoms with E-state index in [-0.39, 0.29) is 17.2 Å². The summed E-state index contributed by atoms with van der Waals surface area (Å²) in [6.07, 6.45) is 5.28. The summed E-state index contributed by atoms with van der Waals surface area (Å²) in [4.78, 5) is 22.4. The summed E-state index contributed by atoms with van der Waals surface area (Å²) in [5, 5.41) is 0. The Balaban J connectivity index is 1.74. The molecule has 0 radical (unpaired) electrons. The summed E-state index contributed by atoms with van der Waals surface area (Å²) < 4.78 is 0. The third-order valence-corrected chi connectivity index (χ3v) is 4.82. The van der Waals surface area contributed by atoms with E-state index in [1.54, 1.807) is 0 Å². The lowest BCUT2D eigenvalue weighted by molar-refractivity contribution is -0.132. The number of aromatic nitrogens is 2. The van der Waals surface area contributed by atoms with Crippen molar-refractivity contribution < 1.29 is 4.79 Å². The first-order chi connectivity index (χ1) is 9.54. The van der Waals surface area contributed by atoms with Crippen molar-refractivity contribution in [3.63, 3.8) is 0 Å². The number of carbonyl (C=O) groups is 1. The highest BCUT2D eigenvalue weighted by Crippen LogP contribution is 2.45. The van der Waals surface area contributed by atoms with Gasteiger partial charge in [0.05, 0.1) is 11.6 Å². The fourth-order valence-corrected chi connectivity index (χ4v) is 3.35. The van der Waals surface area contributed by atoms with Gasteiger partial charge in [0.25, 0.3) is 0 Å². The third-order valence-electron chi connectivity index (χ3n) is 4.82. The predicted octanol–water partition coefficient (Wildman–Crippen LogP) is 1.34. The van der Waals surface area contributed by atoms with E-state index < -0.39 is 0 Å². The fraction of sp³-hybridized carbons (Fsp3) is 0.733. The highest BCUT2D eigenvalue weighted by atomic mass is 16.2. The van der Waals surface area contributed by atoms with Crippen LogP contribution in [0, 0.1) is 12.3 Å². The Morgan fingerprint density at radius 3 is 2.95 bits per heavy atom. The van der Waals surface area contributed by atoms with Crippen LogP contribution in [0.25, 0.3) is 0 Å². The molecule has 0 bridgehead atoms. The molecule has 0 aromatic carbocycles. The summed E-state index contributed by atoms with van der Waals surface area (Å²) in [6, 6.07) is 0. The summed E-state index contributed by atoms with van der Waals surface area (Å²) in [5.41, 5.74) is 8.15. The van der Waals surface area contributed by atoms with Gasteiger partial charge in [0.2, 0.25) is 5.91 Å². The first kappa shape index (κ1) is 13.6. The van der Waals surface area contributed by atoms with Crippen molar-refractivity contribution in [1.29, 1.82) is 0 Å². The van der Waals surface area contributed by atoms with Gasteiger partial charge in [-0.25, -0.2) is 4.98 Å². The number of hydrogen-bond acceptors (Lipinski definition) is 3. The first-order valence-electron chi connectivity index (χ1n) is 7.55. The summed E-state index contributed by atoms with van der Waals surface area (Å²) in [7, 11) is 1.91. The van der Waals surface area contributed by atoms with Crippen molar-refractivity contribution >= 4 is 5.91 Å². The van der Waals surface area contributed by atoms with Crippen LogP contribution in [0.1, 0.15) is 48.8 Å². The number of fused-ring (bicyclic) bond motifs is 1. The summed E-state index contributed by atoms with van der Waals surface area (Å²) >= 11 is 0.